The Labute approximate surface area is 90.7 Å². The monoisotopic (exact) mass is 220 g/mol. The zero-order valence-corrected chi connectivity index (χ0v) is 8.27. The number of nitrogens with zero attached hydrogens (tertiary/aromatic N) is 2. The fourth-order valence-corrected chi connectivity index (χ4v) is 1.21. The van der Waals surface area contributed by atoms with Gasteiger partial charge in [0, 0.05) is 12.4 Å². The molecule has 0 fully saturated rings. The van der Waals surface area contributed by atoms with Gasteiger partial charge >= 0.3 is 0 Å². The van der Waals surface area contributed by atoms with Crippen LogP contribution < -0.4 is 5.32 Å². The molecule has 2 aromatic heterocycles. The van der Waals surface area contributed by atoms with Crippen LogP contribution in [0.15, 0.2) is 30.9 Å². The minimum Gasteiger partial charge on any atom is -0.347 e. The third kappa shape index (κ3) is 2.22. The normalized spacial score (nSPS) is 10.1. The maximum atomic E-state index is 13.1. The second-order valence-corrected chi connectivity index (χ2v) is 3.10. The smallest absolute Gasteiger partial charge is 0.256 e. The molecule has 0 unspecified atom stereocenters. The SMILES string of the molecule is O=C(NCc1cnc[nH]1)c1cccnc1F. The standard InChI is InChI=1S/C10H9FN4O/c11-9-8(2-1-3-13-9)10(16)14-5-7-4-12-6-15-7/h1-4,6H,5H2,(H,12,15)(H,14,16). The number of hydrogen-bond acceptors (Lipinski definition) is 3. The molecule has 2 aromatic rings. The summed E-state index contributed by atoms with van der Waals surface area (Å²) in [5, 5.41) is 2.55. The minimum absolute atomic E-state index is 0.0676. The molecule has 16 heavy (non-hydrogen) atoms. The Kier molecular flexibility index (Phi) is 2.90. The van der Waals surface area contributed by atoms with E-state index in [9.17, 15) is 9.18 Å². The molecular weight excluding hydrogens is 211 g/mol. The predicted octanol–water partition coefficient (Wildman–Crippen LogP) is 0.874. The van der Waals surface area contributed by atoms with Crippen molar-refractivity contribution in [1.29, 1.82) is 0 Å². The number of pyridine rings is 1. The number of rotatable bonds is 3. The van der Waals surface area contributed by atoms with E-state index in [0.29, 0.717) is 0 Å². The summed E-state index contributed by atoms with van der Waals surface area (Å²) in [6, 6.07) is 2.89. The number of aromatic nitrogens is 3. The number of imidazole rings is 1. The number of carbonyl (C=O) groups is 1. The summed E-state index contributed by atoms with van der Waals surface area (Å²) < 4.78 is 13.1. The van der Waals surface area contributed by atoms with Gasteiger partial charge in [0.2, 0.25) is 5.95 Å². The van der Waals surface area contributed by atoms with Crippen molar-refractivity contribution < 1.29 is 9.18 Å². The first-order chi connectivity index (χ1) is 7.77. The predicted molar refractivity (Wildman–Crippen MR) is 54.0 cm³/mol. The maximum absolute atomic E-state index is 13.1. The van der Waals surface area contributed by atoms with Crippen LogP contribution in [-0.2, 0) is 6.54 Å². The van der Waals surface area contributed by atoms with Crippen LogP contribution in [-0.4, -0.2) is 20.9 Å². The molecule has 0 aromatic carbocycles. The molecule has 0 saturated carbocycles. The van der Waals surface area contributed by atoms with Gasteiger partial charge in [-0.25, -0.2) is 9.97 Å². The Bertz CT molecular complexity index is 483. The lowest BCUT2D eigenvalue weighted by molar-refractivity contribution is 0.0945. The van der Waals surface area contributed by atoms with Crippen molar-refractivity contribution >= 4 is 5.91 Å². The number of aromatic amines is 1. The van der Waals surface area contributed by atoms with Crippen LogP contribution in [0.3, 0.4) is 0 Å². The maximum Gasteiger partial charge on any atom is 0.256 e. The molecule has 0 aliphatic heterocycles. The number of hydrogen-bond donors (Lipinski definition) is 2. The van der Waals surface area contributed by atoms with Gasteiger partial charge < -0.3 is 10.3 Å². The fraction of sp³-hybridized carbons (Fsp3) is 0.100. The highest BCUT2D eigenvalue weighted by molar-refractivity contribution is 5.93. The van der Waals surface area contributed by atoms with Gasteiger partial charge in [-0.15, -0.1) is 0 Å². The van der Waals surface area contributed by atoms with Crippen molar-refractivity contribution in [3.8, 4) is 0 Å². The van der Waals surface area contributed by atoms with Crippen LogP contribution >= 0.6 is 0 Å². The lowest BCUT2D eigenvalue weighted by Gasteiger charge is -2.03. The molecule has 0 bridgehead atoms. The fourth-order valence-electron chi connectivity index (χ4n) is 1.21. The molecule has 0 aliphatic carbocycles. The number of H-pyrrole nitrogens is 1. The number of carbonyl (C=O) groups excluding carboxylic acids is 1. The number of nitrogens with one attached hydrogen (secondary N) is 2. The van der Waals surface area contributed by atoms with Crippen LogP contribution in [0.2, 0.25) is 0 Å². The zero-order valence-electron chi connectivity index (χ0n) is 8.27. The quantitative estimate of drug-likeness (QED) is 0.754. The van der Waals surface area contributed by atoms with E-state index in [1.807, 2.05) is 0 Å². The summed E-state index contributed by atoms with van der Waals surface area (Å²) in [7, 11) is 0. The Morgan fingerprint density at radius 2 is 2.44 bits per heavy atom. The molecular formula is C10H9FN4O. The van der Waals surface area contributed by atoms with E-state index in [1.54, 1.807) is 6.20 Å². The van der Waals surface area contributed by atoms with Crippen molar-refractivity contribution in [3.05, 3.63) is 48.1 Å². The van der Waals surface area contributed by atoms with E-state index in [4.69, 9.17) is 0 Å². The number of amides is 1. The minimum atomic E-state index is -0.774. The highest BCUT2D eigenvalue weighted by atomic mass is 19.1. The van der Waals surface area contributed by atoms with Crippen molar-refractivity contribution in [2.24, 2.45) is 0 Å². The van der Waals surface area contributed by atoms with Gasteiger partial charge in [0.25, 0.3) is 5.91 Å². The van der Waals surface area contributed by atoms with Crippen LogP contribution in [0.25, 0.3) is 0 Å². The summed E-state index contributed by atoms with van der Waals surface area (Å²) >= 11 is 0. The van der Waals surface area contributed by atoms with Gasteiger partial charge in [0.05, 0.1) is 24.1 Å². The molecule has 6 heteroatoms. The first-order valence-electron chi connectivity index (χ1n) is 4.63. The van der Waals surface area contributed by atoms with E-state index >= 15 is 0 Å². The Morgan fingerprint density at radius 1 is 1.56 bits per heavy atom. The van der Waals surface area contributed by atoms with Gasteiger partial charge in [-0.2, -0.15) is 4.39 Å². The van der Waals surface area contributed by atoms with Gasteiger partial charge in [0.15, 0.2) is 0 Å². The molecule has 82 valence electrons. The van der Waals surface area contributed by atoms with E-state index in [1.165, 1.54) is 24.7 Å². The Balaban J connectivity index is 2.01. The highest BCUT2D eigenvalue weighted by Gasteiger charge is 2.11. The molecule has 1 amide bonds. The first kappa shape index (κ1) is 10.3. The van der Waals surface area contributed by atoms with E-state index in [2.05, 4.69) is 20.3 Å². The lowest BCUT2D eigenvalue weighted by atomic mass is 10.2. The summed E-state index contributed by atoms with van der Waals surface area (Å²) in [4.78, 5) is 21.6. The summed E-state index contributed by atoms with van der Waals surface area (Å²) in [5.41, 5.74) is 0.680. The molecule has 0 saturated heterocycles. The molecule has 5 nitrogen and oxygen atoms in total. The average Bonchev–Trinajstić information content (AvgIpc) is 2.79. The van der Waals surface area contributed by atoms with Crippen LogP contribution in [0.4, 0.5) is 4.39 Å². The molecule has 2 rings (SSSR count). The Morgan fingerprint density at radius 3 is 3.12 bits per heavy atom. The van der Waals surface area contributed by atoms with Crippen molar-refractivity contribution in [2.45, 2.75) is 6.54 Å². The van der Waals surface area contributed by atoms with Crippen LogP contribution in [0, 0.1) is 5.95 Å². The Hall–Kier alpha value is -2.24. The molecule has 0 spiro atoms. The average molecular weight is 220 g/mol. The van der Waals surface area contributed by atoms with E-state index < -0.39 is 11.9 Å². The van der Waals surface area contributed by atoms with Gasteiger partial charge in [-0.05, 0) is 12.1 Å². The molecule has 0 atom stereocenters. The lowest BCUT2D eigenvalue weighted by Crippen LogP contribution is -2.24. The molecule has 2 heterocycles. The van der Waals surface area contributed by atoms with Gasteiger partial charge in [0.1, 0.15) is 0 Å². The third-order valence-corrected chi connectivity index (χ3v) is 2.00. The van der Waals surface area contributed by atoms with E-state index in [0.717, 1.165) is 5.69 Å². The second-order valence-electron chi connectivity index (χ2n) is 3.10. The third-order valence-electron chi connectivity index (χ3n) is 2.00. The van der Waals surface area contributed by atoms with Gasteiger partial charge in [-0.1, -0.05) is 0 Å². The van der Waals surface area contributed by atoms with E-state index in [-0.39, 0.29) is 12.1 Å². The first-order valence-corrected chi connectivity index (χ1v) is 4.63. The van der Waals surface area contributed by atoms with Crippen molar-refractivity contribution in [3.63, 3.8) is 0 Å². The number of halogens is 1. The zero-order chi connectivity index (χ0) is 11.4. The summed E-state index contributed by atoms with van der Waals surface area (Å²) in [5.74, 6) is -1.27. The summed E-state index contributed by atoms with van der Waals surface area (Å²) in [6.07, 6.45) is 4.38. The van der Waals surface area contributed by atoms with Crippen molar-refractivity contribution in [1.82, 2.24) is 20.3 Å². The summed E-state index contributed by atoms with van der Waals surface area (Å²) in [6.45, 7) is 0.271. The van der Waals surface area contributed by atoms with Crippen LogP contribution in [0.5, 0.6) is 0 Å². The second kappa shape index (κ2) is 4.52. The highest BCUT2D eigenvalue weighted by Crippen LogP contribution is 2.03. The van der Waals surface area contributed by atoms with Gasteiger partial charge in [-0.3, -0.25) is 4.79 Å². The molecule has 0 aliphatic rings. The van der Waals surface area contributed by atoms with Crippen molar-refractivity contribution in [2.75, 3.05) is 0 Å². The van der Waals surface area contributed by atoms with Crippen LogP contribution in [0.1, 0.15) is 16.1 Å². The topological polar surface area (TPSA) is 70.7 Å². The molecule has 0 radical (unpaired) electrons. The molecule has 2 N–H and O–H groups in total. The largest absolute Gasteiger partial charge is 0.347 e.